The van der Waals surface area contributed by atoms with Gasteiger partial charge in [0, 0.05) is 24.6 Å². The van der Waals surface area contributed by atoms with E-state index in [2.05, 4.69) is 16.4 Å². The summed E-state index contributed by atoms with van der Waals surface area (Å²) in [6.45, 7) is -0.752. The third kappa shape index (κ3) is 5.36. The van der Waals surface area contributed by atoms with Crippen molar-refractivity contribution >= 4 is 20.3 Å². The third-order valence-corrected chi connectivity index (χ3v) is 4.18. The maximum atomic E-state index is 12.3. The van der Waals surface area contributed by atoms with Crippen LogP contribution in [0.1, 0.15) is 12.8 Å². The van der Waals surface area contributed by atoms with Crippen LogP contribution in [0.5, 0.6) is 0 Å². The second kappa shape index (κ2) is 8.75. The fraction of sp³-hybridized carbons (Fsp3) is 0.571. The van der Waals surface area contributed by atoms with Crippen LogP contribution in [0.4, 0.5) is 4.79 Å². The summed E-state index contributed by atoms with van der Waals surface area (Å²) in [5.41, 5.74) is 0.387. The number of aliphatic hydroxyl groups excluding tert-OH is 2. The van der Waals surface area contributed by atoms with Gasteiger partial charge in [-0.25, -0.2) is 9.36 Å². The predicted octanol–water partition coefficient (Wildman–Crippen LogP) is -1.26. The van der Waals surface area contributed by atoms with Gasteiger partial charge in [0.1, 0.15) is 12.3 Å². The van der Waals surface area contributed by atoms with E-state index in [9.17, 15) is 19.3 Å². The molecule has 0 radical (unpaired) electrons. The van der Waals surface area contributed by atoms with Crippen molar-refractivity contribution in [3.05, 3.63) is 11.8 Å². The van der Waals surface area contributed by atoms with Crippen molar-refractivity contribution in [2.75, 3.05) is 19.8 Å². The van der Waals surface area contributed by atoms with E-state index in [1.54, 1.807) is 0 Å². The summed E-state index contributed by atoms with van der Waals surface area (Å²) in [6, 6.07) is -0.647. The lowest BCUT2D eigenvalue weighted by molar-refractivity contribution is -0.116. The van der Waals surface area contributed by atoms with Gasteiger partial charge in [-0.3, -0.25) is 19.1 Å². The summed E-state index contributed by atoms with van der Waals surface area (Å²) in [5, 5.41) is 18.9. The van der Waals surface area contributed by atoms with Crippen molar-refractivity contribution < 1.29 is 43.4 Å². The second-order valence-electron chi connectivity index (χ2n) is 5.57. The van der Waals surface area contributed by atoms with Crippen molar-refractivity contribution in [1.29, 1.82) is 0 Å². The minimum atomic E-state index is -4.55. The fourth-order valence-electron chi connectivity index (χ4n) is 2.47. The third-order valence-electron chi connectivity index (χ3n) is 3.66. The topological polar surface area (TPSA) is 157 Å². The Labute approximate surface area is 149 Å². The molecule has 11 nitrogen and oxygen atoms in total. The van der Waals surface area contributed by atoms with Crippen LogP contribution >= 0.6 is 7.82 Å². The van der Waals surface area contributed by atoms with Crippen molar-refractivity contribution in [3.63, 3.8) is 0 Å². The molecule has 2 rings (SSSR count). The monoisotopic (exact) mass is 390 g/mol. The first-order valence-electron chi connectivity index (χ1n) is 7.63. The number of aliphatic hydroxyl groups is 2. The van der Waals surface area contributed by atoms with Crippen LogP contribution in [0.25, 0.3) is 0 Å². The molecule has 3 unspecified atom stereocenters. The smallest absolute Gasteiger partial charge is 0.394 e. The fourth-order valence-corrected chi connectivity index (χ4v) is 2.79. The quantitative estimate of drug-likeness (QED) is 0.188. The van der Waals surface area contributed by atoms with E-state index in [1.807, 2.05) is 0 Å². The number of phosphoric ester groups is 1. The number of hydrogen-bond donors (Lipinski definition) is 4. The van der Waals surface area contributed by atoms with Crippen LogP contribution < -0.4 is 0 Å². The molecule has 4 N–H and O–H groups in total. The van der Waals surface area contributed by atoms with Crippen LogP contribution in [-0.4, -0.2) is 80.4 Å². The van der Waals surface area contributed by atoms with E-state index in [0.717, 1.165) is 9.80 Å². The van der Waals surface area contributed by atoms with Crippen molar-refractivity contribution in [3.8, 4) is 11.8 Å². The molecule has 0 aromatic rings. The first-order chi connectivity index (χ1) is 12.2. The first kappa shape index (κ1) is 20.5. The minimum Gasteiger partial charge on any atom is -0.394 e. The maximum absolute atomic E-state index is 12.3. The number of nitrogens with zero attached hydrogens (tertiary/aromatic N) is 2. The number of carbonyl (C=O) groups excluding carboxylic acids is 2. The van der Waals surface area contributed by atoms with Gasteiger partial charge in [-0.15, -0.1) is 0 Å². The highest BCUT2D eigenvalue weighted by molar-refractivity contribution is 7.46. The molecule has 2 aliphatic heterocycles. The zero-order valence-corrected chi connectivity index (χ0v) is 14.5. The lowest BCUT2D eigenvalue weighted by atomic mass is 10.1. The van der Waals surface area contributed by atoms with Crippen molar-refractivity contribution in [1.82, 2.24) is 9.80 Å². The Balaban J connectivity index is 2.07. The van der Waals surface area contributed by atoms with E-state index in [-0.39, 0.29) is 26.0 Å². The molecule has 3 atom stereocenters. The van der Waals surface area contributed by atoms with Gasteiger partial charge in [0.15, 0.2) is 0 Å². The summed E-state index contributed by atoms with van der Waals surface area (Å²) in [5.74, 6) is 5.33. The van der Waals surface area contributed by atoms with Gasteiger partial charge in [0.25, 0.3) is 0 Å². The molecule has 2 heterocycles. The molecule has 3 amide bonds. The highest BCUT2D eigenvalue weighted by atomic mass is 31.2. The zero-order chi connectivity index (χ0) is 19.3. The van der Waals surface area contributed by atoms with E-state index >= 15 is 0 Å². The molecule has 0 spiro atoms. The van der Waals surface area contributed by atoms with Gasteiger partial charge in [0.2, 0.25) is 6.41 Å². The molecule has 2 aliphatic rings. The number of phosphoric acid groups is 1. The molecule has 1 fully saturated rings. The van der Waals surface area contributed by atoms with Crippen LogP contribution in [0, 0.1) is 11.8 Å². The standard InChI is InChI=1S/C14H19N2O9P/c17-8-12-11(19)5-13(25-12)16-7-10(6-15(9-18)14(16)20)3-1-2-4-24-26(21,22)23/h7,9,11-13,17,19H,2,4-6,8H2,(H2,21,22,23). The second-order valence-corrected chi connectivity index (χ2v) is 6.81. The van der Waals surface area contributed by atoms with Gasteiger partial charge < -0.3 is 24.7 Å². The first-order valence-corrected chi connectivity index (χ1v) is 9.16. The van der Waals surface area contributed by atoms with Gasteiger partial charge in [-0.1, -0.05) is 11.8 Å². The Kier molecular flexibility index (Phi) is 6.91. The minimum absolute atomic E-state index is 0.0305. The van der Waals surface area contributed by atoms with Crippen LogP contribution in [0.2, 0.25) is 0 Å². The number of urea groups is 1. The van der Waals surface area contributed by atoms with Gasteiger partial charge in [-0.05, 0) is 0 Å². The number of carbonyl (C=O) groups is 2. The predicted molar refractivity (Wildman–Crippen MR) is 84.8 cm³/mol. The number of rotatable bonds is 6. The molecule has 1 saturated heterocycles. The molecule has 0 aromatic carbocycles. The number of ether oxygens (including phenoxy) is 1. The van der Waals surface area contributed by atoms with Crippen LogP contribution in [-0.2, 0) is 18.6 Å². The number of amides is 3. The molecule has 0 saturated carbocycles. The molecular weight excluding hydrogens is 371 g/mol. The Morgan fingerprint density at radius 3 is 2.77 bits per heavy atom. The Morgan fingerprint density at radius 1 is 1.46 bits per heavy atom. The summed E-state index contributed by atoms with van der Waals surface area (Å²) < 4.78 is 20.2. The molecule has 0 aliphatic carbocycles. The summed E-state index contributed by atoms with van der Waals surface area (Å²) >= 11 is 0. The largest absolute Gasteiger partial charge is 0.469 e. The number of imide groups is 1. The van der Waals surface area contributed by atoms with Crippen LogP contribution in [0.3, 0.4) is 0 Å². The average Bonchev–Trinajstić information content (AvgIpc) is 2.95. The SMILES string of the molecule is O=CN1CC(C#CCCOP(=O)(O)O)=CN(C2CC(O)C(CO)O2)C1=O. The van der Waals surface area contributed by atoms with Gasteiger partial charge >= 0.3 is 13.9 Å². The summed E-state index contributed by atoms with van der Waals surface area (Å²) in [6.07, 6.45) is -0.803. The molecule has 144 valence electrons. The molecule has 0 bridgehead atoms. The molecule has 0 aromatic heterocycles. The highest BCUT2D eigenvalue weighted by Gasteiger charge is 2.40. The van der Waals surface area contributed by atoms with Crippen molar-refractivity contribution in [2.45, 2.75) is 31.3 Å². The lowest BCUT2D eigenvalue weighted by Gasteiger charge is -2.33. The number of hydrogen-bond acceptors (Lipinski definition) is 7. The summed E-state index contributed by atoms with van der Waals surface area (Å²) in [7, 11) is -4.55. The van der Waals surface area contributed by atoms with Crippen molar-refractivity contribution in [2.24, 2.45) is 0 Å². The van der Waals surface area contributed by atoms with Gasteiger partial charge in [-0.2, -0.15) is 0 Å². The van der Waals surface area contributed by atoms with E-state index < -0.39 is 38.9 Å². The Morgan fingerprint density at radius 2 is 2.19 bits per heavy atom. The van der Waals surface area contributed by atoms with Crippen LogP contribution in [0.15, 0.2) is 11.8 Å². The van der Waals surface area contributed by atoms with E-state index in [1.165, 1.54) is 6.20 Å². The highest BCUT2D eigenvalue weighted by Crippen LogP contribution is 2.35. The Bertz CT molecular complexity index is 680. The molecule has 12 heteroatoms. The maximum Gasteiger partial charge on any atom is 0.469 e. The van der Waals surface area contributed by atoms with Gasteiger partial charge in [0.05, 0.1) is 25.9 Å². The van der Waals surface area contributed by atoms with E-state index in [4.69, 9.17) is 19.6 Å². The summed E-state index contributed by atoms with van der Waals surface area (Å²) in [4.78, 5) is 42.5. The van der Waals surface area contributed by atoms with E-state index in [0.29, 0.717) is 12.0 Å². The average molecular weight is 390 g/mol. The molecule has 26 heavy (non-hydrogen) atoms. The zero-order valence-electron chi connectivity index (χ0n) is 13.6. The Hall–Kier alpha value is -1.77. The normalized spacial score (nSPS) is 26.4. The lowest BCUT2D eigenvalue weighted by Crippen LogP contribution is -2.49. The molecular formula is C14H19N2O9P.